The summed E-state index contributed by atoms with van der Waals surface area (Å²) in [6, 6.07) is 18.8. The van der Waals surface area contributed by atoms with E-state index in [4.69, 9.17) is 4.74 Å². The van der Waals surface area contributed by atoms with Gasteiger partial charge in [-0.05, 0) is 18.1 Å². The number of anilines is 1. The van der Waals surface area contributed by atoms with Gasteiger partial charge in [0, 0.05) is 6.20 Å². The van der Waals surface area contributed by atoms with Crippen LogP contribution in [0.25, 0.3) is 0 Å². The maximum Gasteiger partial charge on any atom is 0.230 e. The Bertz CT molecular complexity index is 938. The van der Waals surface area contributed by atoms with Crippen molar-refractivity contribution in [3.05, 3.63) is 84.3 Å². The molecular formula is C23H25N3O3. The van der Waals surface area contributed by atoms with Crippen molar-refractivity contribution in [1.82, 2.24) is 9.55 Å². The van der Waals surface area contributed by atoms with Crippen LogP contribution in [0.4, 0.5) is 5.82 Å². The van der Waals surface area contributed by atoms with Gasteiger partial charge >= 0.3 is 0 Å². The largest absolute Gasteiger partial charge is 0.376 e. The number of rotatable bonds is 9. The molecule has 0 aliphatic rings. The van der Waals surface area contributed by atoms with Gasteiger partial charge in [-0.15, -0.1) is 0 Å². The molecule has 29 heavy (non-hydrogen) atoms. The van der Waals surface area contributed by atoms with Crippen LogP contribution >= 0.6 is 0 Å². The Labute approximate surface area is 170 Å². The Morgan fingerprint density at radius 2 is 1.72 bits per heavy atom. The molecule has 3 aromatic rings. The van der Waals surface area contributed by atoms with E-state index in [9.17, 15) is 9.59 Å². The highest BCUT2D eigenvalue weighted by Crippen LogP contribution is 2.21. The summed E-state index contributed by atoms with van der Waals surface area (Å²) in [6.45, 7) is 4.12. The fraction of sp³-hybridized carbons (Fsp3) is 0.261. The molecule has 0 saturated heterocycles. The number of nitrogens with one attached hydrogen (secondary N) is 1. The van der Waals surface area contributed by atoms with Gasteiger partial charge in [0.25, 0.3) is 0 Å². The molecule has 1 heterocycles. The smallest absolute Gasteiger partial charge is 0.230 e. The van der Waals surface area contributed by atoms with Crippen LogP contribution < -0.4 is 5.32 Å². The molecule has 1 aromatic heterocycles. The molecule has 0 aliphatic heterocycles. The first kappa shape index (κ1) is 20.5. The summed E-state index contributed by atoms with van der Waals surface area (Å²) in [4.78, 5) is 28.8. The monoisotopic (exact) mass is 391 g/mol. The molecule has 0 fully saturated rings. The highest BCUT2D eigenvalue weighted by Gasteiger charge is 2.20. The molecular weight excluding hydrogens is 366 g/mol. The van der Waals surface area contributed by atoms with Crippen LogP contribution in [0.1, 0.15) is 31.0 Å². The van der Waals surface area contributed by atoms with Crippen LogP contribution in [0.5, 0.6) is 0 Å². The third-order valence-corrected chi connectivity index (χ3v) is 4.58. The van der Waals surface area contributed by atoms with E-state index >= 15 is 0 Å². The van der Waals surface area contributed by atoms with E-state index in [0.29, 0.717) is 19.0 Å². The summed E-state index contributed by atoms with van der Waals surface area (Å²) in [7, 11) is 0. The van der Waals surface area contributed by atoms with Crippen molar-refractivity contribution in [3.8, 4) is 0 Å². The third-order valence-electron chi connectivity index (χ3n) is 4.58. The fourth-order valence-electron chi connectivity index (χ4n) is 3.05. The minimum Gasteiger partial charge on any atom is -0.376 e. The molecule has 0 aliphatic carbocycles. The van der Waals surface area contributed by atoms with Crippen molar-refractivity contribution in [2.45, 2.75) is 26.5 Å². The number of Topliss-reactive ketones (excluding diaryl/α,β-unsaturated/α-hetero) is 1. The number of ketones is 1. The fourth-order valence-corrected chi connectivity index (χ4v) is 3.05. The zero-order valence-corrected chi connectivity index (χ0v) is 16.6. The summed E-state index contributed by atoms with van der Waals surface area (Å²) >= 11 is 0. The van der Waals surface area contributed by atoms with Gasteiger partial charge in [0.1, 0.15) is 6.04 Å². The predicted molar refractivity (Wildman–Crippen MR) is 111 cm³/mol. The standard InChI is InChI=1S/C23H25N3O3/c1-17(14-29-15-19-9-5-3-6-10-19)23(28)25-21-13-26(16-24-21)22(18(2)27)20-11-7-4-8-12-20/h3-13,16-17,22H,14-15H2,1-2H3,(H,25,28)/t17-,22?/m1/s1. The molecule has 6 heteroatoms. The molecule has 0 radical (unpaired) electrons. The average molecular weight is 391 g/mol. The lowest BCUT2D eigenvalue weighted by Crippen LogP contribution is -2.24. The van der Waals surface area contributed by atoms with Crippen molar-refractivity contribution in [3.63, 3.8) is 0 Å². The van der Waals surface area contributed by atoms with Gasteiger partial charge in [0.05, 0.1) is 25.5 Å². The zero-order valence-electron chi connectivity index (χ0n) is 16.6. The van der Waals surface area contributed by atoms with E-state index in [1.165, 1.54) is 0 Å². The summed E-state index contributed by atoms with van der Waals surface area (Å²) in [5, 5.41) is 2.79. The Hall–Kier alpha value is -3.25. The number of amides is 1. The summed E-state index contributed by atoms with van der Waals surface area (Å²) < 4.78 is 7.35. The SMILES string of the molecule is CC(=O)C(c1ccccc1)n1cnc(NC(=O)[C@H](C)COCc2ccccc2)c1. The number of imidazole rings is 1. The molecule has 0 spiro atoms. The van der Waals surface area contributed by atoms with Gasteiger partial charge in [-0.1, -0.05) is 67.6 Å². The van der Waals surface area contributed by atoms with Crippen LogP contribution in [0, 0.1) is 5.92 Å². The number of hydrogen-bond acceptors (Lipinski definition) is 4. The minimum absolute atomic E-state index is 0.00541. The van der Waals surface area contributed by atoms with Crippen molar-refractivity contribution in [2.24, 2.45) is 5.92 Å². The molecule has 1 N–H and O–H groups in total. The van der Waals surface area contributed by atoms with Gasteiger partial charge < -0.3 is 14.6 Å². The Balaban J connectivity index is 1.57. The van der Waals surface area contributed by atoms with Crippen LogP contribution in [0.15, 0.2) is 73.2 Å². The number of carbonyl (C=O) groups is 2. The molecule has 1 unspecified atom stereocenters. The number of benzene rings is 2. The lowest BCUT2D eigenvalue weighted by Gasteiger charge is -2.15. The number of aromatic nitrogens is 2. The second-order valence-corrected chi connectivity index (χ2v) is 7.02. The first-order valence-electron chi connectivity index (χ1n) is 9.56. The first-order chi connectivity index (χ1) is 14.0. The maximum atomic E-state index is 12.4. The summed E-state index contributed by atoms with van der Waals surface area (Å²) in [5.74, 6) is -0.106. The maximum absolute atomic E-state index is 12.4. The van der Waals surface area contributed by atoms with E-state index in [1.54, 1.807) is 30.9 Å². The highest BCUT2D eigenvalue weighted by atomic mass is 16.5. The predicted octanol–water partition coefficient (Wildman–Crippen LogP) is 3.85. The molecule has 2 atom stereocenters. The van der Waals surface area contributed by atoms with Crippen LogP contribution in [-0.4, -0.2) is 27.8 Å². The highest BCUT2D eigenvalue weighted by molar-refractivity contribution is 5.91. The zero-order chi connectivity index (χ0) is 20.6. The Kier molecular flexibility index (Phi) is 6.92. The van der Waals surface area contributed by atoms with Crippen molar-refractivity contribution in [1.29, 1.82) is 0 Å². The average Bonchev–Trinajstić information content (AvgIpc) is 3.17. The van der Waals surface area contributed by atoms with Crippen molar-refractivity contribution in [2.75, 3.05) is 11.9 Å². The lowest BCUT2D eigenvalue weighted by atomic mass is 10.0. The Morgan fingerprint density at radius 1 is 1.07 bits per heavy atom. The second kappa shape index (κ2) is 9.80. The summed E-state index contributed by atoms with van der Waals surface area (Å²) in [5.41, 5.74) is 1.94. The van der Waals surface area contributed by atoms with E-state index in [2.05, 4.69) is 10.3 Å². The normalized spacial score (nSPS) is 12.9. The van der Waals surface area contributed by atoms with Gasteiger partial charge in [-0.25, -0.2) is 4.98 Å². The number of ether oxygens (including phenoxy) is 1. The molecule has 2 aromatic carbocycles. The van der Waals surface area contributed by atoms with Gasteiger partial charge in [0.15, 0.2) is 11.6 Å². The molecule has 0 bridgehead atoms. The van der Waals surface area contributed by atoms with Crippen molar-refractivity contribution < 1.29 is 14.3 Å². The Morgan fingerprint density at radius 3 is 2.38 bits per heavy atom. The van der Waals surface area contributed by atoms with Gasteiger partial charge in [-0.2, -0.15) is 0 Å². The number of nitrogens with zero attached hydrogens (tertiary/aromatic N) is 2. The third kappa shape index (κ3) is 5.62. The second-order valence-electron chi connectivity index (χ2n) is 7.02. The van der Waals surface area contributed by atoms with Crippen molar-refractivity contribution >= 4 is 17.5 Å². The molecule has 0 saturated carbocycles. The van der Waals surface area contributed by atoms with E-state index < -0.39 is 6.04 Å². The molecule has 6 nitrogen and oxygen atoms in total. The van der Waals surface area contributed by atoms with Gasteiger partial charge in [-0.3, -0.25) is 9.59 Å². The topological polar surface area (TPSA) is 73.2 Å². The van der Waals surface area contributed by atoms with E-state index in [-0.39, 0.29) is 17.6 Å². The molecule has 1 amide bonds. The lowest BCUT2D eigenvalue weighted by molar-refractivity contribution is -0.121. The molecule has 3 rings (SSSR count). The first-order valence-corrected chi connectivity index (χ1v) is 9.56. The van der Waals surface area contributed by atoms with Crippen LogP contribution in [0.3, 0.4) is 0 Å². The minimum atomic E-state index is -0.471. The van der Waals surface area contributed by atoms with Gasteiger partial charge in [0.2, 0.25) is 5.91 Å². The van der Waals surface area contributed by atoms with Crippen LogP contribution in [-0.2, 0) is 20.9 Å². The van der Waals surface area contributed by atoms with E-state index in [1.807, 2.05) is 60.7 Å². The van der Waals surface area contributed by atoms with Crippen LogP contribution in [0.2, 0.25) is 0 Å². The molecule has 150 valence electrons. The number of hydrogen-bond donors (Lipinski definition) is 1. The quantitative estimate of drug-likeness (QED) is 0.601. The number of carbonyl (C=O) groups excluding carboxylic acids is 2. The summed E-state index contributed by atoms with van der Waals surface area (Å²) in [6.07, 6.45) is 3.24. The van der Waals surface area contributed by atoms with E-state index in [0.717, 1.165) is 11.1 Å².